The fraction of sp³-hybridized carbons (Fsp3) is 0.462. The number of halogens is 1. The van der Waals surface area contributed by atoms with E-state index in [1.165, 1.54) is 5.56 Å². The molecule has 0 amide bonds. The molecule has 1 rings (SSSR count). The van der Waals surface area contributed by atoms with Crippen LogP contribution in [-0.4, -0.2) is 28.6 Å². The summed E-state index contributed by atoms with van der Waals surface area (Å²) in [6.07, 6.45) is 0.183. The lowest BCUT2D eigenvalue weighted by atomic mass is 10.2. The second kappa shape index (κ2) is 6.77. The van der Waals surface area contributed by atoms with Gasteiger partial charge in [0.05, 0.1) is 6.42 Å². The van der Waals surface area contributed by atoms with Gasteiger partial charge in [0.25, 0.3) is 0 Å². The van der Waals surface area contributed by atoms with E-state index in [-0.39, 0.29) is 6.42 Å². The van der Waals surface area contributed by atoms with Gasteiger partial charge in [0.15, 0.2) is 0 Å². The molecule has 0 aliphatic rings. The zero-order chi connectivity index (χ0) is 12.8. The number of hydrogen-bond acceptors (Lipinski definition) is 2. The summed E-state index contributed by atoms with van der Waals surface area (Å²) in [5, 5.41) is 8.73. The molecule has 0 aliphatic carbocycles. The van der Waals surface area contributed by atoms with Gasteiger partial charge >= 0.3 is 5.97 Å². The molecular formula is C13H18BrNO2. The Morgan fingerprint density at radius 1 is 1.41 bits per heavy atom. The van der Waals surface area contributed by atoms with Crippen LogP contribution in [0.15, 0.2) is 28.7 Å². The lowest BCUT2D eigenvalue weighted by molar-refractivity contribution is -0.137. The molecule has 0 heterocycles. The van der Waals surface area contributed by atoms with E-state index >= 15 is 0 Å². The third-order valence-corrected chi connectivity index (χ3v) is 3.45. The van der Waals surface area contributed by atoms with E-state index in [1.807, 2.05) is 18.2 Å². The first-order valence-electron chi connectivity index (χ1n) is 5.70. The second-order valence-corrected chi connectivity index (χ2v) is 5.15. The van der Waals surface area contributed by atoms with Crippen LogP contribution in [0.4, 0.5) is 0 Å². The van der Waals surface area contributed by atoms with Crippen LogP contribution in [0.2, 0.25) is 0 Å². The molecule has 0 aliphatic heterocycles. The van der Waals surface area contributed by atoms with E-state index in [1.54, 1.807) is 0 Å². The quantitative estimate of drug-likeness (QED) is 0.877. The molecule has 1 aromatic carbocycles. The number of carboxylic acid groups (broad SMARTS) is 1. The largest absolute Gasteiger partial charge is 0.481 e. The molecule has 0 fully saturated rings. The first-order valence-corrected chi connectivity index (χ1v) is 6.49. The fourth-order valence-corrected chi connectivity index (χ4v) is 2.01. The van der Waals surface area contributed by atoms with Crippen molar-refractivity contribution in [2.75, 3.05) is 6.54 Å². The van der Waals surface area contributed by atoms with Crippen LogP contribution < -0.4 is 0 Å². The molecule has 0 saturated heterocycles. The van der Waals surface area contributed by atoms with E-state index in [9.17, 15) is 4.79 Å². The zero-order valence-electron chi connectivity index (χ0n) is 10.2. The van der Waals surface area contributed by atoms with Gasteiger partial charge in [0.1, 0.15) is 0 Å². The maximum Gasteiger partial charge on any atom is 0.304 e. The Kier molecular flexibility index (Phi) is 5.65. The first-order chi connectivity index (χ1) is 8.00. The molecule has 0 unspecified atom stereocenters. The van der Waals surface area contributed by atoms with E-state index in [0.29, 0.717) is 12.6 Å². The Morgan fingerprint density at radius 2 is 2.06 bits per heavy atom. The van der Waals surface area contributed by atoms with Crippen LogP contribution in [0.5, 0.6) is 0 Å². The molecule has 0 aromatic heterocycles. The number of nitrogens with zero attached hydrogens (tertiary/aromatic N) is 1. The van der Waals surface area contributed by atoms with Crippen LogP contribution >= 0.6 is 15.9 Å². The highest BCUT2D eigenvalue weighted by Crippen LogP contribution is 2.18. The van der Waals surface area contributed by atoms with Crippen molar-refractivity contribution in [2.24, 2.45) is 0 Å². The van der Waals surface area contributed by atoms with Crippen molar-refractivity contribution in [3.63, 3.8) is 0 Å². The Bertz CT molecular complexity index is 379. The van der Waals surface area contributed by atoms with Gasteiger partial charge in [-0.25, -0.2) is 0 Å². The molecule has 0 saturated carbocycles. The van der Waals surface area contributed by atoms with Gasteiger partial charge in [-0.05, 0) is 25.5 Å². The summed E-state index contributed by atoms with van der Waals surface area (Å²) in [7, 11) is 0. The van der Waals surface area contributed by atoms with Crippen molar-refractivity contribution in [3.05, 3.63) is 34.3 Å². The Morgan fingerprint density at radius 3 is 2.59 bits per heavy atom. The lowest BCUT2D eigenvalue weighted by Crippen LogP contribution is -2.32. The summed E-state index contributed by atoms with van der Waals surface area (Å²) in [4.78, 5) is 12.8. The predicted molar refractivity (Wildman–Crippen MR) is 71.9 cm³/mol. The highest BCUT2D eigenvalue weighted by molar-refractivity contribution is 9.10. The fourth-order valence-electron chi connectivity index (χ4n) is 1.60. The molecule has 17 heavy (non-hydrogen) atoms. The number of rotatable bonds is 6. The molecule has 94 valence electrons. The molecule has 0 spiro atoms. The van der Waals surface area contributed by atoms with Crippen LogP contribution in [0.1, 0.15) is 25.8 Å². The van der Waals surface area contributed by atoms with Gasteiger partial charge in [-0.15, -0.1) is 0 Å². The minimum absolute atomic E-state index is 0.183. The zero-order valence-corrected chi connectivity index (χ0v) is 11.8. The maximum atomic E-state index is 10.6. The lowest BCUT2D eigenvalue weighted by Gasteiger charge is -2.26. The van der Waals surface area contributed by atoms with E-state index in [2.05, 4.69) is 40.7 Å². The number of carboxylic acids is 1. The number of benzene rings is 1. The number of aliphatic carboxylic acids is 1. The molecule has 1 aromatic rings. The predicted octanol–water partition coefficient (Wildman–Crippen LogP) is 3.13. The minimum atomic E-state index is -0.747. The van der Waals surface area contributed by atoms with E-state index in [4.69, 9.17) is 5.11 Å². The Labute approximate surface area is 111 Å². The van der Waals surface area contributed by atoms with Crippen LogP contribution in [0.3, 0.4) is 0 Å². The summed E-state index contributed by atoms with van der Waals surface area (Å²) in [5.74, 6) is -0.747. The molecule has 4 heteroatoms. The van der Waals surface area contributed by atoms with Crippen molar-refractivity contribution in [3.8, 4) is 0 Å². The smallest absolute Gasteiger partial charge is 0.304 e. The standard InChI is InChI=1S/C13H18BrNO2/c1-10(2)15(8-7-13(16)17)9-11-5-3-4-6-12(11)14/h3-6,10H,7-9H2,1-2H3,(H,16,17). The van der Waals surface area contributed by atoms with Gasteiger partial charge in [0.2, 0.25) is 0 Å². The summed E-state index contributed by atoms with van der Waals surface area (Å²) in [5.41, 5.74) is 1.19. The molecular weight excluding hydrogens is 282 g/mol. The van der Waals surface area contributed by atoms with Crippen molar-refractivity contribution in [1.29, 1.82) is 0 Å². The van der Waals surface area contributed by atoms with Crippen molar-refractivity contribution < 1.29 is 9.90 Å². The van der Waals surface area contributed by atoms with Crippen molar-refractivity contribution in [1.82, 2.24) is 4.90 Å². The Balaban J connectivity index is 2.67. The third kappa shape index (κ3) is 4.88. The van der Waals surface area contributed by atoms with Gasteiger partial charge < -0.3 is 5.11 Å². The number of carbonyl (C=O) groups is 1. The third-order valence-electron chi connectivity index (χ3n) is 2.67. The average Bonchev–Trinajstić information content (AvgIpc) is 2.25. The molecule has 0 bridgehead atoms. The normalized spacial score (nSPS) is 11.1. The molecule has 0 atom stereocenters. The SMILES string of the molecule is CC(C)N(CCC(=O)O)Cc1ccccc1Br. The minimum Gasteiger partial charge on any atom is -0.481 e. The highest BCUT2D eigenvalue weighted by atomic mass is 79.9. The summed E-state index contributed by atoms with van der Waals surface area (Å²) in [6, 6.07) is 8.37. The summed E-state index contributed by atoms with van der Waals surface area (Å²) < 4.78 is 1.07. The number of hydrogen-bond donors (Lipinski definition) is 1. The molecule has 3 nitrogen and oxygen atoms in total. The monoisotopic (exact) mass is 299 g/mol. The molecule has 0 radical (unpaired) electrons. The van der Waals surface area contributed by atoms with Crippen LogP contribution in [-0.2, 0) is 11.3 Å². The first kappa shape index (κ1) is 14.2. The van der Waals surface area contributed by atoms with E-state index < -0.39 is 5.97 Å². The summed E-state index contributed by atoms with van der Waals surface area (Å²) in [6.45, 7) is 5.51. The van der Waals surface area contributed by atoms with Gasteiger partial charge in [0, 0.05) is 23.6 Å². The van der Waals surface area contributed by atoms with Crippen molar-refractivity contribution >= 4 is 21.9 Å². The second-order valence-electron chi connectivity index (χ2n) is 4.30. The Hall–Kier alpha value is -0.870. The maximum absolute atomic E-state index is 10.6. The van der Waals surface area contributed by atoms with Crippen LogP contribution in [0, 0.1) is 0 Å². The topological polar surface area (TPSA) is 40.5 Å². The van der Waals surface area contributed by atoms with Gasteiger partial charge in [-0.1, -0.05) is 34.1 Å². The summed E-state index contributed by atoms with van der Waals surface area (Å²) >= 11 is 3.51. The molecule has 1 N–H and O–H groups in total. The highest BCUT2D eigenvalue weighted by Gasteiger charge is 2.12. The van der Waals surface area contributed by atoms with E-state index in [0.717, 1.165) is 11.0 Å². The van der Waals surface area contributed by atoms with Crippen LogP contribution in [0.25, 0.3) is 0 Å². The van der Waals surface area contributed by atoms with Gasteiger partial charge in [-0.2, -0.15) is 0 Å². The average molecular weight is 300 g/mol. The van der Waals surface area contributed by atoms with Crippen molar-refractivity contribution in [2.45, 2.75) is 32.9 Å². The van der Waals surface area contributed by atoms with Gasteiger partial charge in [-0.3, -0.25) is 9.69 Å².